The Labute approximate surface area is 56.5 Å². The highest BCUT2D eigenvalue weighted by atomic mass is 16.3. The molecule has 0 aliphatic heterocycles. The number of unbranched alkanes of at least 4 members (excludes halogenated alkanes) is 1. The number of hydrogen-bond acceptors (Lipinski definition) is 2. The minimum atomic E-state index is -0.156. The molecule has 1 unspecified atom stereocenters. The second-order valence-corrected chi connectivity index (χ2v) is 2.28. The van der Waals surface area contributed by atoms with Gasteiger partial charge in [-0.1, -0.05) is 6.92 Å². The Hall–Kier alpha value is -0.0800. The van der Waals surface area contributed by atoms with Gasteiger partial charge in [0.2, 0.25) is 0 Å². The van der Waals surface area contributed by atoms with Crippen molar-refractivity contribution in [2.24, 2.45) is 0 Å². The fourth-order valence-electron chi connectivity index (χ4n) is 0.696. The van der Waals surface area contributed by atoms with Gasteiger partial charge in [0.15, 0.2) is 0 Å². The first-order valence-corrected chi connectivity index (χ1v) is 3.60. The van der Waals surface area contributed by atoms with Crippen LogP contribution in [-0.4, -0.2) is 22.9 Å². The Morgan fingerprint density at radius 3 is 2.44 bits per heavy atom. The summed E-state index contributed by atoms with van der Waals surface area (Å²) >= 11 is 0. The Morgan fingerprint density at radius 2 is 2.00 bits per heavy atom. The summed E-state index contributed by atoms with van der Waals surface area (Å²) in [6.07, 6.45) is 3.25. The molecule has 0 aromatic heterocycles. The van der Waals surface area contributed by atoms with Gasteiger partial charge in [0, 0.05) is 6.61 Å². The molecule has 2 nitrogen and oxygen atoms in total. The van der Waals surface area contributed by atoms with Crippen molar-refractivity contribution in [1.29, 1.82) is 0 Å². The molecule has 0 fully saturated rings. The van der Waals surface area contributed by atoms with Crippen LogP contribution in [0.3, 0.4) is 0 Å². The highest BCUT2D eigenvalue weighted by Gasteiger charge is 1.97. The molecule has 0 saturated heterocycles. The summed E-state index contributed by atoms with van der Waals surface area (Å²) in [5, 5.41) is 17.4. The summed E-state index contributed by atoms with van der Waals surface area (Å²) in [4.78, 5) is 0. The molecule has 0 heterocycles. The molecule has 0 spiro atoms. The van der Waals surface area contributed by atoms with Gasteiger partial charge in [-0.05, 0) is 25.7 Å². The van der Waals surface area contributed by atoms with Gasteiger partial charge < -0.3 is 10.2 Å². The van der Waals surface area contributed by atoms with Crippen LogP contribution in [-0.2, 0) is 0 Å². The van der Waals surface area contributed by atoms with Gasteiger partial charge in [-0.25, -0.2) is 0 Å². The van der Waals surface area contributed by atoms with Crippen LogP contribution in [0, 0.1) is 0 Å². The lowest BCUT2D eigenvalue weighted by Gasteiger charge is -2.04. The van der Waals surface area contributed by atoms with Gasteiger partial charge in [-0.3, -0.25) is 0 Å². The maximum atomic E-state index is 9.00. The molecule has 2 heteroatoms. The first kappa shape index (κ1) is 8.92. The predicted molar refractivity (Wildman–Crippen MR) is 37.2 cm³/mol. The Kier molecular flexibility index (Phi) is 5.99. The van der Waals surface area contributed by atoms with Gasteiger partial charge in [0.1, 0.15) is 0 Å². The van der Waals surface area contributed by atoms with E-state index < -0.39 is 0 Å². The fourth-order valence-corrected chi connectivity index (χ4v) is 0.696. The third-order valence-corrected chi connectivity index (χ3v) is 1.42. The Bertz CT molecular complexity index is 54.9. The van der Waals surface area contributed by atoms with E-state index in [0.29, 0.717) is 0 Å². The van der Waals surface area contributed by atoms with Crippen LogP contribution in [0.25, 0.3) is 0 Å². The lowest BCUT2D eigenvalue weighted by Crippen LogP contribution is -2.03. The summed E-state index contributed by atoms with van der Waals surface area (Å²) in [5.41, 5.74) is 0. The number of rotatable bonds is 5. The molecule has 2 N–H and O–H groups in total. The summed E-state index contributed by atoms with van der Waals surface area (Å²) in [7, 11) is 0. The van der Waals surface area contributed by atoms with Crippen LogP contribution in [0.5, 0.6) is 0 Å². The van der Waals surface area contributed by atoms with Crippen LogP contribution in [0.4, 0.5) is 0 Å². The Balaban J connectivity index is 2.88. The summed E-state index contributed by atoms with van der Waals surface area (Å²) < 4.78 is 0. The van der Waals surface area contributed by atoms with Gasteiger partial charge in [0.25, 0.3) is 0 Å². The minimum absolute atomic E-state index is 0.156. The van der Waals surface area contributed by atoms with Gasteiger partial charge in [-0.2, -0.15) is 0 Å². The number of hydrogen-bond donors (Lipinski definition) is 2. The zero-order valence-electron chi connectivity index (χ0n) is 6.01. The molecule has 0 aromatic rings. The first-order chi connectivity index (χ1) is 4.31. The summed E-state index contributed by atoms with van der Waals surface area (Å²) in [6.45, 7) is 2.21. The summed E-state index contributed by atoms with van der Waals surface area (Å²) in [5.74, 6) is 0. The lowest BCUT2D eigenvalue weighted by molar-refractivity contribution is 0.153. The highest BCUT2D eigenvalue weighted by Crippen LogP contribution is 2.02. The zero-order chi connectivity index (χ0) is 7.11. The van der Waals surface area contributed by atoms with E-state index in [0.717, 1.165) is 25.7 Å². The molecular formula is C7H16O2. The SMILES string of the molecule is CCC(O)CCCCO. The summed E-state index contributed by atoms with van der Waals surface area (Å²) in [6, 6.07) is 0. The van der Waals surface area contributed by atoms with E-state index in [1.54, 1.807) is 0 Å². The minimum Gasteiger partial charge on any atom is -0.396 e. The molecule has 0 bridgehead atoms. The molecule has 1 atom stereocenters. The van der Waals surface area contributed by atoms with Crippen molar-refractivity contribution >= 4 is 0 Å². The molecule has 0 amide bonds. The molecule has 0 radical (unpaired) electrons. The highest BCUT2D eigenvalue weighted by molar-refractivity contribution is 4.51. The van der Waals surface area contributed by atoms with E-state index in [4.69, 9.17) is 10.2 Å². The van der Waals surface area contributed by atoms with Crippen LogP contribution >= 0.6 is 0 Å². The van der Waals surface area contributed by atoms with E-state index in [2.05, 4.69) is 0 Å². The lowest BCUT2D eigenvalue weighted by atomic mass is 10.1. The third kappa shape index (κ3) is 5.80. The van der Waals surface area contributed by atoms with Crippen LogP contribution in [0.1, 0.15) is 32.6 Å². The fraction of sp³-hybridized carbons (Fsp3) is 1.00. The quantitative estimate of drug-likeness (QED) is 0.546. The average molecular weight is 132 g/mol. The smallest absolute Gasteiger partial charge is 0.0537 e. The van der Waals surface area contributed by atoms with E-state index in [-0.39, 0.29) is 12.7 Å². The standard InChI is InChI=1S/C7H16O2/c1-2-7(9)5-3-4-6-8/h7-9H,2-6H2,1H3. The van der Waals surface area contributed by atoms with E-state index in [1.165, 1.54) is 0 Å². The molecule has 0 rings (SSSR count). The maximum Gasteiger partial charge on any atom is 0.0537 e. The normalized spacial score (nSPS) is 13.7. The second-order valence-electron chi connectivity index (χ2n) is 2.28. The van der Waals surface area contributed by atoms with E-state index in [9.17, 15) is 0 Å². The van der Waals surface area contributed by atoms with Gasteiger partial charge in [0.05, 0.1) is 6.10 Å². The third-order valence-electron chi connectivity index (χ3n) is 1.42. The van der Waals surface area contributed by atoms with Crippen molar-refractivity contribution in [3.05, 3.63) is 0 Å². The van der Waals surface area contributed by atoms with E-state index >= 15 is 0 Å². The molecule has 56 valence electrons. The van der Waals surface area contributed by atoms with Crippen molar-refractivity contribution < 1.29 is 10.2 Å². The van der Waals surface area contributed by atoms with Crippen molar-refractivity contribution in [2.45, 2.75) is 38.7 Å². The number of aliphatic hydroxyl groups excluding tert-OH is 2. The first-order valence-electron chi connectivity index (χ1n) is 3.60. The van der Waals surface area contributed by atoms with Crippen LogP contribution in [0.2, 0.25) is 0 Å². The molecule has 0 aliphatic carbocycles. The molecule has 9 heavy (non-hydrogen) atoms. The van der Waals surface area contributed by atoms with Crippen molar-refractivity contribution in [1.82, 2.24) is 0 Å². The second kappa shape index (κ2) is 6.05. The largest absolute Gasteiger partial charge is 0.396 e. The predicted octanol–water partition coefficient (Wildman–Crippen LogP) is 0.920. The van der Waals surface area contributed by atoms with Gasteiger partial charge >= 0.3 is 0 Å². The van der Waals surface area contributed by atoms with Crippen LogP contribution in [0.15, 0.2) is 0 Å². The average Bonchev–Trinajstić information content (AvgIpc) is 1.89. The molecule has 0 aliphatic rings. The van der Waals surface area contributed by atoms with Crippen molar-refractivity contribution in [2.75, 3.05) is 6.61 Å². The van der Waals surface area contributed by atoms with Gasteiger partial charge in [-0.15, -0.1) is 0 Å². The topological polar surface area (TPSA) is 40.5 Å². The molecule has 0 saturated carbocycles. The van der Waals surface area contributed by atoms with Crippen LogP contribution < -0.4 is 0 Å². The molecular weight excluding hydrogens is 116 g/mol. The molecule has 0 aromatic carbocycles. The van der Waals surface area contributed by atoms with Crippen molar-refractivity contribution in [3.63, 3.8) is 0 Å². The van der Waals surface area contributed by atoms with Crippen molar-refractivity contribution in [3.8, 4) is 0 Å². The monoisotopic (exact) mass is 132 g/mol. The number of aliphatic hydroxyl groups is 2. The van der Waals surface area contributed by atoms with E-state index in [1.807, 2.05) is 6.92 Å². The maximum absolute atomic E-state index is 9.00. The zero-order valence-corrected chi connectivity index (χ0v) is 6.01. The Morgan fingerprint density at radius 1 is 1.33 bits per heavy atom.